The van der Waals surface area contributed by atoms with Crippen LogP contribution in [0.1, 0.15) is 27.2 Å². The summed E-state index contributed by atoms with van der Waals surface area (Å²) in [6.45, 7) is 6.56. The number of anilines is 1. The number of nitrogens with one attached hydrogen (secondary N) is 1. The van der Waals surface area contributed by atoms with Gasteiger partial charge in [0.1, 0.15) is 0 Å². The van der Waals surface area contributed by atoms with Crippen LogP contribution in [-0.4, -0.2) is 10.5 Å². The Hall–Kier alpha value is -0.610. The molecule has 2 nitrogen and oxygen atoms in total. The van der Waals surface area contributed by atoms with Crippen LogP contribution in [0.25, 0.3) is 10.2 Å². The van der Waals surface area contributed by atoms with Gasteiger partial charge in [-0.2, -0.15) is 0 Å². The van der Waals surface area contributed by atoms with Crippen molar-refractivity contribution in [1.29, 1.82) is 0 Å². The summed E-state index contributed by atoms with van der Waals surface area (Å²) >= 11 is 5.17. The zero-order valence-corrected chi connectivity index (χ0v) is 12.1. The first-order valence-electron chi connectivity index (χ1n) is 5.34. The van der Waals surface area contributed by atoms with Crippen molar-refractivity contribution in [2.75, 3.05) is 5.32 Å². The summed E-state index contributed by atoms with van der Waals surface area (Å²) < 4.78 is 2.30. The van der Waals surface area contributed by atoms with Crippen LogP contribution in [0, 0.1) is 0 Å². The van der Waals surface area contributed by atoms with E-state index in [1.165, 1.54) is 4.70 Å². The van der Waals surface area contributed by atoms with Gasteiger partial charge in [0, 0.05) is 10.0 Å². The molecule has 0 bridgehead atoms. The summed E-state index contributed by atoms with van der Waals surface area (Å²) in [7, 11) is 0. The first-order valence-corrected chi connectivity index (χ1v) is 6.95. The molecule has 0 unspecified atom stereocenters. The van der Waals surface area contributed by atoms with Crippen LogP contribution in [0.4, 0.5) is 5.13 Å². The Balaban J connectivity index is 2.33. The van der Waals surface area contributed by atoms with E-state index < -0.39 is 0 Å². The average molecular weight is 299 g/mol. The third kappa shape index (κ3) is 2.55. The monoisotopic (exact) mass is 298 g/mol. The molecule has 0 aliphatic rings. The van der Waals surface area contributed by atoms with E-state index in [0.29, 0.717) is 0 Å². The number of thiazole rings is 1. The summed E-state index contributed by atoms with van der Waals surface area (Å²) in [6.07, 6.45) is 1.08. The number of nitrogens with zero attached hydrogens (tertiary/aromatic N) is 1. The first kappa shape index (κ1) is 11.9. The molecule has 1 heterocycles. The van der Waals surface area contributed by atoms with Crippen LogP contribution in [-0.2, 0) is 0 Å². The second-order valence-corrected chi connectivity index (χ2v) is 6.44. The number of halogens is 1. The summed E-state index contributed by atoms with van der Waals surface area (Å²) in [5.74, 6) is 0. The van der Waals surface area contributed by atoms with Gasteiger partial charge in [0.2, 0.25) is 0 Å². The normalized spacial score (nSPS) is 12.0. The number of hydrogen-bond donors (Lipinski definition) is 1. The highest BCUT2D eigenvalue weighted by Gasteiger charge is 2.16. The van der Waals surface area contributed by atoms with E-state index in [2.05, 4.69) is 65.2 Å². The number of benzene rings is 1. The zero-order chi connectivity index (χ0) is 11.8. The fraction of sp³-hybridized carbons (Fsp3) is 0.417. The maximum Gasteiger partial charge on any atom is 0.184 e. The first-order chi connectivity index (χ1) is 7.50. The Kier molecular flexibility index (Phi) is 3.22. The van der Waals surface area contributed by atoms with Gasteiger partial charge >= 0.3 is 0 Å². The molecule has 0 saturated heterocycles. The van der Waals surface area contributed by atoms with Gasteiger partial charge in [0.25, 0.3) is 0 Å². The second-order valence-electron chi connectivity index (χ2n) is 4.49. The van der Waals surface area contributed by atoms with Crippen LogP contribution in [0.5, 0.6) is 0 Å². The molecule has 0 atom stereocenters. The fourth-order valence-corrected chi connectivity index (χ4v) is 2.71. The van der Waals surface area contributed by atoms with Gasteiger partial charge in [-0.05, 0) is 38.5 Å². The van der Waals surface area contributed by atoms with Crippen molar-refractivity contribution in [1.82, 2.24) is 4.98 Å². The highest BCUT2D eigenvalue weighted by molar-refractivity contribution is 9.10. The lowest BCUT2D eigenvalue weighted by Crippen LogP contribution is -2.29. The van der Waals surface area contributed by atoms with Gasteiger partial charge in [-0.25, -0.2) is 4.98 Å². The summed E-state index contributed by atoms with van der Waals surface area (Å²) in [5, 5.41) is 4.47. The van der Waals surface area contributed by atoms with E-state index in [4.69, 9.17) is 0 Å². The molecule has 0 radical (unpaired) electrons. The Morgan fingerprint density at radius 2 is 2.19 bits per heavy atom. The molecule has 0 aliphatic carbocycles. The SMILES string of the molecule is CCC(C)(C)Nc1nc2cc(Br)ccc2s1. The largest absolute Gasteiger partial charge is 0.357 e. The predicted octanol–water partition coefficient (Wildman–Crippen LogP) is 4.66. The van der Waals surface area contributed by atoms with Gasteiger partial charge in [-0.1, -0.05) is 34.2 Å². The van der Waals surface area contributed by atoms with Gasteiger partial charge in [-0.3, -0.25) is 0 Å². The predicted molar refractivity (Wildman–Crippen MR) is 75.3 cm³/mol. The number of fused-ring (bicyclic) bond motifs is 1. The molecule has 0 saturated carbocycles. The number of aromatic nitrogens is 1. The van der Waals surface area contributed by atoms with Crippen molar-refractivity contribution < 1.29 is 0 Å². The summed E-state index contributed by atoms with van der Waals surface area (Å²) in [4.78, 5) is 4.58. The van der Waals surface area contributed by atoms with Crippen LogP contribution < -0.4 is 5.32 Å². The highest BCUT2D eigenvalue weighted by atomic mass is 79.9. The molecular formula is C12H15BrN2S. The van der Waals surface area contributed by atoms with Crippen LogP contribution in [0.15, 0.2) is 22.7 Å². The third-order valence-corrected chi connectivity index (χ3v) is 4.12. The Bertz CT molecular complexity index is 505. The lowest BCUT2D eigenvalue weighted by atomic mass is 10.0. The van der Waals surface area contributed by atoms with E-state index in [-0.39, 0.29) is 5.54 Å². The van der Waals surface area contributed by atoms with E-state index in [0.717, 1.165) is 21.5 Å². The van der Waals surface area contributed by atoms with E-state index in [1.54, 1.807) is 11.3 Å². The zero-order valence-electron chi connectivity index (χ0n) is 9.67. The van der Waals surface area contributed by atoms with Crippen LogP contribution in [0.2, 0.25) is 0 Å². The van der Waals surface area contributed by atoms with Gasteiger partial charge in [-0.15, -0.1) is 0 Å². The topological polar surface area (TPSA) is 24.9 Å². The van der Waals surface area contributed by atoms with Gasteiger partial charge < -0.3 is 5.32 Å². The number of rotatable bonds is 3. The van der Waals surface area contributed by atoms with Crippen LogP contribution >= 0.6 is 27.3 Å². The van der Waals surface area contributed by atoms with E-state index in [1.807, 2.05) is 0 Å². The van der Waals surface area contributed by atoms with E-state index >= 15 is 0 Å². The second kappa shape index (κ2) is 4.34. The van der Waals surface area contributed by atoms with Gasteiger partial charge in [0.05, 0.1) is 10.2 Å². The molecule has 0 amide bonds. The molecule has 1 aromatic carbocycles. The molecule has 1 aromatic heterocycles. The molecule has 0 aliphatic heterocycles. The molecule has 0 fully saturated rings. The average Bonchev–Trinajstić information content (AvgIpc) is 2.58. The molecule has 2 rings (SSSR count). The molecule has 1 N–H and O–H groups in total. The van der Waals surface area contributed by atoms with E-state index in [9.17, 15) is 0 Å². The lowest BCUT2D eigenvalue weighted by Gasteiger charge is -2.23. The molecular weight excluding hydrogens is 284 g/mol. The Morgan fingerprint density at radius 3 is 2.88 bits per heavy atom. The van der Waals surface area contributed by atoms with Crippen molar-refractivity contribution in [2.45, 2.75) is 32.7 Å². The fourth-order valence-electron chi connectivity index (χ4n) is 1.33. The minimum Gasteiger partial charge on any atom is -0.357 e. The van der Waals surface area contributed by atoms with Crippen molar-refractivity contribution in [3.05, 3.63) is 22.7 Å². The third-order valence-electron chi connectivity index (χ3n) is 2.68. The lowest BCUT2D eigenvalue weighted by molar-refractivity contribution is 0.547. The molecule has 0 spiro atoms. The Morgan fingerprint density at radius 1 is 1.44 bits per heavy atom. The van der Waals surface area contributed by atoms with Crippen LogP contribution in [0.3, 0.4) is 0 Å². The smallest absolute Gasteiger partial charge is 0.184 e. The van der Waals surface area contributed by atoms with Crippen molar-refractivity contribution in [3.63, 3.8) is 0 Å². The molecule has 86 valence electrons. The quantitative estimate of drug-likeness (QED) is 0.891. The van der Waals surface area contributed by atoms with Crippen molar-refractivity contribution >= 4 is 42.6 Å². The maximum absolute atomic E-state index is 4.58. The standard InChI is InChI=1S/C12H15BrN2S/c1-4-12(2,3)15-11-14-9-7-8(13)5-6-10(9)16-11/h5-7H,4H2,1-3H3,(H,14,15). The summed E-state index contributed by atoms with van der Waals surface area (Å²) in [6, 6.07) is 6.20. The van der Waals surface area contributed by atoms with Gasteiger partial charge in [0.15, 0.2) is 5.13 Å². The molecule has 16 heavy (non-hydrogen) atoms. The van der Waals surface area contributed by atoms with Crippen molar-refractivity contribution in [2.24, 2.45) is 0 Å². The van der Waals surface area contributed by atoms with Crippen molar-refractivity contribution in [3.8, 4) is 0 Å². The summed E-state index contributed by atoms with van der Waals surface area (Å²) in [5.41, 5.74) is 1.15. The minimum absolute atomic E-state index is 0.102. The number of hydrogen-bond acceptors (Lipinski definition) is 3. The highest BCUT2D eigenvalue weighted by Crippen LogP contribution is 2.30. The molecule has 4 heteroatoms. The maximum atomic E-state index is 4.58. The molecule has 2 aromatic rings. The minimum atomic E-state index is 0.102. The Labute approximate surface area is 108 Å².